The third-order valence-corrected chi connectivity index (χ3v) is 17.9. The van der Waals surface area contributed by atoms with Crippen molar-refractivity contribution in [3.05, 3.63) is 253 Å². The number of benzene rings is 10. The maximum absolute atomic E-state index is 2.64. The monoisotopic (exact) mass is 936 g/mol. The van der Waals surface area contributed by atoms with E-state index in [2.05, 4.69) is 253 Å². The molecule has 73 heavy (non-hydrogen) atoms. The highest BCUT2D eigenvalue weighted by molar-refractivity contribution is 6.11. The van der Waals surface area contributed by atoms with Crippen molar-refractivity contribution in [3.63, 3.8) is 0 Å². The summed E-state index contributed by atoms with van der Waals surface area (Å²) >= 11 is 0. The molecule has 0 atom stereocenters. The first kappa shape index (κ1) is 42.5. The predicted octanol–water partition coefficient (Wildman–Crippen LogP) is 19.0. The van der Waals surface area contributed by atoms with Crippen molar-refractivity contribution in [1.29, 1.82) is 0 Å². The van der Waals surface area contributed by atoms with Crippen molar-refractivity contribution >= 4 is 38.9 Å². The van der Waals surface area contributed by atoms with E-state index in [-0.39, 0.29) is 5.41 Å². The Balaban J connectivity index is 0.965. The molecule has 1 aromatic heterocycles. The van der Waals surface area contributed by atoms with Gasteiger partial charge in [0.05, 0.1) is 22.4 Å². The van der Waals surface area contributed by atoms with E-state index < -0.39 is 0 Å². The van der Waals surface area contributed by atoms with Gasteiger partial charge in [0.1, 0.15) is 0 Å². The number of rotatable bonds is 8. The standard InChI is InChI=1S/C71H56N2/c1-46-19-16-32-63-69(46)70-64(71(63)52-40-47-39-48(42-52)43-53(71)41-47)33-18-36-68(70)73(65-34-14-12-30-60(65)59-29-11-10-28-58(59)57-27-9-8-26-56(57)49-20-4-2-5-21-49)55-25-17-22-50(44-55)51-37-38-67-62(45-51)61-31-13-15-35-66(61)72(67)54-23-6-3-7-24-54/h2-38,44-45,47-48,52-53H,39-43H2,1H3. The molecule has 4 bridgehead atoms. The van der Waals surface area contributed by atoms with Gasteiger partial charge in [-0.2, -0.15) is 0 Å². The normalized spacial score (nSPS) is 20.2. The van der Waals surface area contributed by atoms with Crippen molar-refractivity contribution in [2.45, 2.75) is 44.4 Å². The van der Waals surface area contributed by atoms with Gasteiger partial charge in [-0.05, 0) is 178 Å². The molecule has 1 spiro atoms. The maximum Gasteiger partial charge on any atom is 0.0543 e. The summed E-state index contributed by atoms with van der Waals surface area (Å²) in [6.45, 7) is 2.37. The fourth-order valence-corrected chi connectivity index (χ4v) is 15.3. The Bertz CT molecular complexity index is 3920. The first-order valence-corrected chi connectivity index (χ1v) is 26.7. The van der Waals surface area contributed by atoms with Crippen molar-refractivity contribution in [2.75, 3.05) is 4.90 Å². The van der Waals surface area contributed by atoms with E-state index in [0.29, 0.717) is 11.8 Å². The molecule has 10 aromatic carbocycles. The van der Waals surface area contributed by atoms with Gasteiger partial charge in [0, 0.05) is 38.7 Å². The van der Waals surface area contributed by atoms with Gasteiger partial charge >= 0.3 is 0 Å². The number of hydrogen-bond acceptors (Lipinski definition) is 1. The van der Waals surface area contributed by atoms with Crippen molar-refractivity contribution < 1.29 is 0 Å². The topological polar surface area (TPSA) is 8.17 Å². The molecular weight excluding hydrogens is 881 g/mol. The molecule has 0 N–H and O–H groups in total. The third kappa shape index (κ3) is 6.42. The van der Waals surface area contributed by atoms with Gasteiger partial charge in [0.25, 0.3) is 0 Å². The lowest BCUT2D eigenvalue weighted by atomic mass is 9.43. The van der Waals surface area contributed by atoms with Crippen LogP contribution in [0.4, 0.5) is 17.1 Å². The molecule has 2 nitrogen and oxygen atoms in total. The lowest BCUT2D eigenvalue weighted by molar-refractivity contribution is -0.0399. The van der Waals surface area contributed by atoms with Crippen LogP contribution in [0.15, 0.2) is 237 Å². The summed E-state index contributed by atoms with van der Waals surface area (Å²) in [6.07, 6.45) is 6.86. The van der Waals surface area contributed by atoms with Crippen LogP contribution in [0.2, 0.25) is 0 Å². The molecule has 16 rings (SSSR count). The minimum absolute atomic E-state index is 0.0369. The molecule has 5 aliphatic carbocycles. The van der Waals surface area contributed by atoms with Crippen molar-refractivity contribution in [1.82, 2.24) is 4.57 Å². The van der Waals surface area contributed by atoms with Gasteiger partial charge in [-0.25, -0.2) is 0 Å². The van der Waals surface area contributed by atoms with Crippen molar-refractivity contribution in [3.8, 4) is 61.3 Å². The number of fused-ring (bicyclic) bond motifs is 6. The molecule has 4 fully saturated rings. The van der Waals surface area contributed by atoms with Crippen LogP contribution in [0.1, 0.15) is 48.8 Å². The zero-order chi connectivity index (χ0) is 48.2. The average molecular weight is 937 g/mol. The molecule has 0 unspecified atom stereocenters. The average Bonchev–Trinajstić information content (AvgIpc) is 3.95. The molecule has 11 aromatic rings. The second-order valence-electron chi connectivity index (χ2n) is 21.7. The fraction of sp³-hybridized carbons (Fsp3) is 0.155. The minimum Gasteiger partial charge on any atom is -0.309 e. The van der Waals surface area contributed by atoms with Crippen LogP contribution in [0, 0.1) is 30.6 Å². The fourth-order valence-electron chi connectivity index (χ4n) is 15.3. The summed E-state index contributed by atoms with van der Waals surface area (Å²) in [5.41, 5.74) is 24.4. The van der Waals surface area contributed by atoms with Crippen LogP contribution in [0.5, 0.6) is 0 Å². The number of aryl methyl sites for hydroxylation is 1. The van der Waals surface area contributed by atoms with Crippen LogP contribution in [0.3, 0.4) is 0 Å². The van der Waals surface area contributed by atoms with Crippen LogP contribution >= 0.6 is 0 Å². The maximum atomic E-state index is 2.64. The van der Waals surface area contributed by atoms with Gasteiger partial charge in [-0.15, -0.1) is 0 Å². The summed E-state index contributed by atoms with van der Waals surface area (Å²) in [7, 11) is 0. The zero-order valence-electron chi connectivity index (χ0n) is 41.3. The van der Waals surface area contributed by atoms with Crippen LogP contribution in [-0.2, 0) is 5.41 Å². The van der Waals surface area contributed by atoms with Gasteiger partial charge in [-0.3, -0.25) is 0 Å². The van der Waals surface area contributed by atoms with E-state index in [1.165, 1.54) is 132 Å². The molecule has 0 saturated heterocycles. The summed E-state index contributed by atoms with van der Waals surface area (Å²) < 4.78 is 2.41. The first-order chi connectivity index (χ1) is 36.1. The molecule has 0 aliphatic heterocycles. The molecule has 5 aliphatic rings. The molecular formula is C71H56N2. The SMILES string of the molecule is Cc1cccc2c1-c1c(N(c3cccc(-c4ccc5c(c4)c4ccccc4n5-c4ccccc4)c3)c3ccccc3-c3ccccc3-c3ccccc3-c3ccccc3)cccc1C21C2CC3CC(C2)CC1C3. The minimum atomic E-state index is 0.0369. The summed E-state index contributed by atoms with van der Waals surface area (Å²) in [5.74, 6) is 3.09. The molecule has 0 radical (unpaired) electrons. The Morgan fingerprint density at radius 3 is 1.67 bits per heavy atom. The number of hydrogen-bond donors (Lipinski definition) is 0. The molecule has 0 amide bonds. The lowest BCUT2D eigenvalue weighted by Gasteiger charge is -2.61. The van der Waals surface area contributed by atoms with Gasteiger partial charge < -0.3 is 9.47 Å². The smallest absolute Gasteiger partial charge is 0.0543 e. The van der Waals surface area contributed by atoms with Crippen molar-refractivity contribution in [2.24, 2.45) is 23.7 Å². The Morgan fingerprint density at radius 2 is 0.918 bits per heavy atom. The Morgan fingerprint density at radius 1 is 0.384 bits per heavy atom. The molecule has 4 saturated carbocycles. The Labute approximate surface area is 428 Å². The van der Waals surface area contributed by atoms with Crippen LogP contribution in [-0.4, -0.2) is 4.57 Å². The molecule has 350 valence electrons. The van der Waals surface area contributed by atoms with E-state index in [0.717, 1.165) is 17.5 Å². The summed E-state index contributed by atoms with van der Waals surface area (Å²) in [5, 5.41) is 2.51. The summed E-state index contributed by atoms with van der Waals surface area (Å²) in [4.78, 5) is 2.64. The van der Waals surface area contributed by atoms with E-state index >= 15 is 0 Å². The first-order valence-electron chi connectivity index (χ1n) is 26.7. The second-order valence-corrected chi connectivity index (χ2v) is 21.7. The van der Waals surface area contributed by atoms with Gasteiger partial charge in [0.2, 0.25) is 0 Å². The highest BCUT2D eigenvalue weighted by Crippen LogP contribution is 2.71. The Hall–Kier alpha value is -8.20. The van der Waals surface area contributed by atoms with Crippen LogP contribution < -0.4 is 4.90 Å². The number of nitrogens with zero attached hydrogens (tertiary/aromatic N) is 2. The predicted molar refractivity (Wildman–Crippen MR) is 305 cm³/mol. The highest BCUT2D eigenvalue weighted by Gasteiger charge is 2.62. The number of aromatic nitrogens is 1. The van der Waals surface area contributed by atoms with Gasteiger partial charge in [0.15, 0.2) is 0 Å². The Kier molecular flexibility index (Phi) is 9.71. The highest BCUT2D eigenvalue weighted by atomic mass is 15.1. The number of anilines is 3. The lowest BCUT2D eigenvalue weighted by Crippen LogP contribution is -2.55. The quantitative estimate of drug-likeness (QED) is 0.147. The zero-order valence-corrected chi connectivity index (χ0v) is 41.3. The second kappa shape index (κ2) is 16.7. The number of para-hydroxylation sites is 3. The third-order valence-electron chi connectivity index (χ3n) is 17.9. The van der Waals surface area contributed by atoms with E-state index in [1.807, 2.05) is 0 Å². The van der Waals surface area contributed by atoms with E-state index in [9.17, 15) is 0 Å². The largest absolute Gasteiger partial charge is 0.309 e. The van der Waals surface area contributed by atoms with Crippen LogP contribution in [0.25, 0.3) is 83.1 Å². The van der Waals surface area contributed by atoms with E-state index in [4.69, 9.17) is 0 Å². The van der Waals surface area contributed by atoms with E-state index in [1.54, 1.807) is 11.1 Å². The van der Waals surface area contributed by atoms with Gasteiger partial charge in [-0.1, -0.05) is 182 Å². The molecule has 1 heterocycles. The summed E-state index contributed by atoms with van der Waals surface area (Å²) in [6, 6.07) is 88.8. The molecule has 2 heteroatoms.